The fraction of sp³-hybridized carbons (Fsp3) is 0.194. The zero-order valence-electron chi connectivity index (χ0n) is 22.1. The zero-order chi connectivity index (χ0) is 27.5. The fourth-order valence-electron chi connectivity index (χ4n) is 4.92. The van der Waals surface area contributed by atoms with E-state index >= 15 is 0 Å². The van der Waals surface area contributed by atoms with Gasteiger partial charge in [-0.05, 0) is 59.7 Å². The lowest BCUT2D eigenvalue weighted by atomic mass is 10.0. The Bertz CT molecular complexity index is 1680. The van der Waals surface area contributed by atoms with Crippen LogP contribution in [0, 0.1) is 0 Å². The van der Waals surface area contributed by atoms with Crippen LogP contribution in [0.2, 0.25) is 0 Å². The summed E-state index contributed by atoms with van der Waals surface area (Å²) in [6.45, 7) is 3.93. The van der Waals surface area contributed by atoms with Crippen molar-refractivity contribution in [2.24, 2.45) is 0 Å². The van der Waals surface area contributed by atoms with Gasteiger partial charge in [0.15, 0.2) is 0 Å². The number of carbonyl (C=O) groups excluding carboxylic acids is 1. The Balaban J connectivity index is 1.26. The maximum Gasteiger partial charge on any atom is 0.255 e. The number of morpholine rings is 1. The number of benzene rings is 3. The largest absolute Gasteiger partial charge is 0.507 e. The number of carbonyl (C=O) groups is 1. The van der Waals surface area contributed by atoms with E-state index in [1.165, 1.54) is 0 Å². The van der Waals surface area contributed by atoms with Crippen LogP contribution in [0.3, 0.4) is 0 Å². The number of amides is 1. The van der Waals surface area contributed by atoms with Crippen molar-refractivity contribution in [1.82, 2.24) is 19.9 Å². The molecule has 40 heavy (non-hydrogen) atoms. The number of aromatic nitrogens is 3. The van der Waals surface area contributed by atoms with Gasteiger partial charge in [-0.2, -0.15) is 0 Å². The third kappa shape index (κ3) is 5.25. The number of phenolic OH excluding ortho intramolecular Hbond substituents is 1. The van der Waals surface area contributed by atoms with Crippen LogP contribution >= 0.6 is 0 Å². The molecular formula is C31H29N5O4. The highest BCUT2D eigenvalue weighted by Crippen LogP contribution is 2.35. The van der Waals surface area contributed by atoms with Gasteiger partial charge >= 0.3 is 0 Å². The summed E-state index contributed by atoms with van der Waals surface area (Å²) in [7, 11) is 1.57. The molecule has 1 amide bonds. The predicted octanol–water partition coefficient (Wildman–Crippen LogP) is 5.09. The van der Waals surface area contributed by atoms with Crippen LogP contribution in [0.25, 0.3) is 33.5 Å². The molecule has 0 bridgehead atoms. The zero-order valence-corrected chi connectivity index (χ0v) is 22.1. The number of nitrogens with zero attached hydrogens (tertiary/aromatic N) is 3. The first-order valence-corrected chi connectivity index (χ1v) is 13.1. The molecule has 9 heteroatoms. The van der Waals surface area contributed by atoms with E-state index < -0.39 is 0 Å². The molecule has 1 aliphatic rings. The third-order valence-electron chi connectivity index (χ3n) is 7.04. The summed E-state index contributed by atoms with van der Waals surface area (Å²) in [4.78, 5) is 27.8. The molecule has 0 unspecified atom stereocenters. The number of aromatic hydroxyl groups is 1. The Morgan fingerprint density at radius 2 is 1.90 bits per heavy atom. The van der Waals surface area contributed by atoms with Gasteiger partial charge in [0.05, 0.1) is 36.9 Å². The minimum atomic E-state index is -0.214. The Labute approximate surface area is 231 Å². The van der Waals surface area contributed by atoms with Gasteiger partial charge in [-0.25, -0.2) is 9.97 Å². The number of phenols is 1. The summed E-state index contributed by atoms with van der Waals surface area (Å²) in [5, 5.41) is 13.7. The number of anilines is 1. The minimum absolute atomic E-state index is 0.0838. The quantitative estimate of drug-likeness (QED) is 0.266. The molecule has 1 aliphatic heterocycles. The number of hydrogen-bond donors (Lipinski definition) is 3. The topological polar surface area (TPSA) is 113 Å². The average molecular weight is 536 g/mol. The van der Waals surface area contributed by atoms with Gasteiger partial charge in [0, 0.05) is 42.6 Å². The Hall–Kier alpha value is -4.73. The molecule has 5 aromatic rings. The Morgan fingerprint density at radius 3 is 2.75 bits per heavy atom. The van der Waals surface area contributed by atoms with E-state index in [2.05, 4.69) is 20.2 Å². The van der Waals surface area contributed by atoms with Gasteiger partial charge in [0.2, 0.25) is 5.88 Å². The van der Waals surface area contributed by atoms with Crippen molar-refractivity contribution in [3.05, 3.63) is 90.1 Å². The number of imidazole rings is 1. The maximum absolute atomic E-state index is 13.3. The molecule has 1 fully saturated rings. The highest BCUT2D eigenvalue weighted by atomic mass is 16.5. The molecule has 0 spiro atoms. The number of methoxy groups -OCH3 is 1. The number of rotatable bonds is 7. The van der Waals surface area contributed by atoms with Crippen LogP contribution in [-0.2, 0) is 11.3 Å². The number of H-pyrrole nitrogens is 1. The van der Waals surface area contributed by atoms with Crippen LogP contribution in [-0.4, -0.2) is 64.3 Å². The lowest BCUT2D eigenvalue weighted by Crippen LogP contribution is -2.35. The van der Waals surface area contributed by atoms with E-state index in [0.717, 1.165) is 60.7 Å². The molecule has 202 valence electrons. The number of fused-ring (bicyclic) bond motifs is 1. The Morgan fingerprint density at radius 1 is 1.05 bits per heavy atom. The number of aromatic amines is 1. The number of pyridine rings is 1. The third-order valence-corrected chi connectivity index (χ3v) is 7.04. The molecule has 0 saturated carbocycles. The summed E-state index contributed by atoms with van der Waals surface area (Å²) in [6.07, 6.45) is 1.67. The van der Waals surface area contributed by atoms with Crippen LogP contribution < -0.4 is 10.1 Å². The van der Waals surface area contributed by atoms with E-state index in [4.69, 9.17) is 14.5 Å². The lowest BCUT2D eigenvalue weighted by Gasteiger charge is -2.27. The van der Waals surface area contributed by atoms with Gasteiger partial charge in [-0.3, -0.25) is 9.69 Å². The number of ether oxygens (including phenoxy) is 2. The van der Waals surface area contributed by atoms with E-state index in [-0.39, 0.29) is 11.7 Å². The fourth-order valence-corrected chi connectivity index (χ4v) is 4.92. The van der Waals surface area contributed by atoms with Crippen LogP contribution in [0.15, 0.2) is 79.0 Å². The van der Waals surface area contributed by atoms with Crippen molar-refractivity contribution in [2.75, 3.05) is 38.7 Å². The molecular weight excluding hydrogens is 506 g/mol. The summed E-state index contributed by atoms with van der Waals surface area (Å²) < 4.78 is 10.9. The van der Waals surface area contributed by atoms with Gasteiger partial charge in [-0.1, -0.05) is 24.3 Å². The molecule has 0 atom stereocenters. The van der Waals surface area contributed by atoms with Crippen LogP contribution in [0.4, 0.5) is 5.69 Å². The first-order chi connectivity index (χ1) is 19.6. The molecule has 0 aliphatic carbocycles. The van der Waals surface area contributed by atoms with E-state index in [1.807, 2.05) is 48.5 Å². The van der Waals surface area contributed by atoms with Crippen molar-refractivity contribution in [1.29, 1.82) is 0 Å². The van der Waals surface area contributed by atoms with Gasteiger partial charge in [-0.15, -0.1) is 0 Å². The first-order valence-electron chi connectivity index (χ1n) is 13.1. The van der Waals surface area contributed by atoms with Crippen LogP contribution in [0.5, 0.6) is 11.6 Å². The molecule has 2 aromatic heterocycles. The van der Waals surface area contributed by atoms with Gasteiger partial charge < -0.3 is 24.9 Å². The summed E-state index contributed by atoms with van der Waals surface area (Å²) in [5.74, 6) is 0.853. The number of hydrogen-bond acceptors (Lipinski definition) is 7. The first kappa shape index (κ1) is 25.5. The van der Waals surface area contributed by atoms with Crippen molar-refractivity contribution in [2.45, 2.75) is 6.54 Å². The highest BCUT2D eigenvalue weighted by molar-refractivity contribution is 6.06. The predicted molar refractivity (Wildman–Crippen MR) is 153 cm³/mol. The second-order valence-electron chi connectivity index (χ2n) is 9.61. The summed E-state index contributed by atoms with van der Waals surface area (Å²) in [6, 6.07) is 22.2. The number of nitrogens with one attached hydrogen (secondary N) is 2. The van der Waals surface area contributed by atoms with Gasteiger partial charge in [0.25, 0.3) is 5.91 Å². The molecule has 9 nitrogen and oxygen atoms in total. The van der Waals surface area contributed by atoms with Crippen molar-refractivity contribution in [3.63, 3.8) is 0 Å². The molecule has 3 heterocycles. The average Bonchev–Trinajstić information content (AvgIpc) is 3.42. The molecule has 1 saturated heterocycles. The van der Waals surface area contributed by atoms with Crippen LogP contribution in [0.1, 0.15) is 15.9 Å². The highest BCUT2D eigenvalue weighted by Gasteiger charge is 2.17. The molecule has 3 aromatic carbocycles. The maximum atomic E-state index is 13.3. The number of para-hydroxylation sites is 1. The molecule has 6 rings (SSSR count). The van der Waals surface area contributed by atoms with Crippen molar-refractivity contribution in [3.8, 4) is 34.1 Å². The lowest BCUT2D eigenvalue weighted by molar-refractivity contribution is 0.0342. The smallest absolute Gasteiger partial charge is 0.255 e. The van der Waals surface area contributed by atoms with Crippen molar-refractivity contribution < 1.29 is 19.4 Å². The van der Waals surface area contributed by atoms with Crippen molar-refractivity contribution >= 4 is 22.6 Å². The van der Waals surface area contributed by atoms with E-state index in [0.29, 0.717) is 28.3 Å². The Kier molecular flexibility index (Phi) is 7.13. The standard InChI is InChI=1S/C31H29N5O4/c1-39-31-23(6-4-12-32-31)20-9-11-28(37)24(17-20)29-33-26-10-8-21(18-27(26)34-29)30(38)35-25-7-3-2-5-22(25)19-36-13-15-40-16-14-36/h2-12,17-18,37H,13-16,19H2,1H3,(H,33,34)(H,35,38). The summed E-state index contributed by atoms with van der Waals surface area (Å²) >= 11 is 0. The monoisotopic (exact) mass is 535 g/mol. The SMILES string of the molecule is COc1ncccc1-c1ccc(O)c(-c2nc3cc(C(=O)Nc4ccccc4CN4CCOCC4)ccc3[nH]2)c1. The normalized spacial score (nSPS) is 13.8. The second kappa shape index (κ2) is 11.2. The minimum Gasteiger partial charge on any atom is -0.507 e. The van der Waals surface area contributed by atoms with E-state index in [9.17, 15) is 9.90 Å². The summed E-state index contributed by atoms with van der Waals surface area (Å²) in [5.41, 5.74) is 5.86. The van der Waals surface area contributed by atoms with Gasteiger partial charge in [0.1, 0.15) is 11.6 Å². The molecule has 3 N–H and O–H groups in total. The molecule has 0 radical (unpaired) electrons. The second-order valence-corrected chi connectivity index (χ2v) is 9.61. The van der Waals surface area contributed by atoms with E-state index in [1.54, 1.807) is 37.6 Å².